The van der Waals surface area contributed by atoms with Crippen LogP contribution < -0.4 is 5.56 Å². The maximum absolute atomic E-state index is 13.7. The zero-order valence-corrected chi connectivity index (χ0v) is 19.1. The fraction of sp³-hybridized carbons (Fsp3) is 0.364. The van der Waals surface area contributed by atoms with Crippen molar-refractivity contribution < 1.29 is 9.59 Å². The van der Waals surface area contributed by atoms with E-state index in [4.69, 9.17) is 16.6 Å². The Labute approximate surface area is 192 Å². The summed E-state index contributed by atoms with van der Waals surface area (Å²) in [6.45, 7) is 0.465. The SMILES string of the molecule is O=C1CCCN1C(=O)CSc1nc2sc3c(c2c(=O)n1-c1ccc(Cl)cc1)CCCC3. The number of hydrogen-bond donors (Lipinski definition) is 0. The number of thiophene rings is 1. The van der Waals surface area contributed by atoms with E-state index in [0.717, 1.165) is 36.1 Å². The van der Waals surface area contributed by atoms with Crippen LogP contribution in [-0.2, 0) is 22.4 Å². The molecule has 2 aliphatic rings. The quantitative estimate of drug-likeness (QED) is 0.419. The lowest BCUT2D eigenvalue weighted by Gasteiger charge is -2.15. The molecule has 160 valence electrons. The fourth-order valence-electron chi connectivity index (χ4n) is 4.22. The Morgan fingerprint density at radius 3 is 2.61 bits per heavy atom. The van der Waals surface area contributed by atoms with Crippen molar-refractivity contribution >= 4 is 56.7 Å². The molecule has 2 aromatic heterocycles. The predicted molar refractivity (Wildman–Crippen MR) is 124 cm³/mol. The third kappa shape index (κ3) is 3.81. The van der Waals surface area contributed by atoms with E-state index in [1.807, 2.05) is 0 Å². The first-order valence-corrected chi connectivity index (χ1v) is 12.5. The molecular weight excluding hydrogens is 454 g/mol. The first-order valence-electron chi connectivity index (χ1n) is 10.3. The lowest BCUT2D eigenvalue weighted by molar-refractivity contribution is -0.140. The molecule has 0 atom stereocenters. The first kappa shape index (κ1) is 20.7. The minimum atomic E-state index is -0.241. The van der Waals surface area contributed by atoms with Crippen LogP contribution in [0, 0.1) is 0 Å². The van der Waals surface area contributed by atoms with Gasteiger partial charge in [-0.05, 0) is 61.9 Å². The third-order valence-electron chi connectivity index (χ3n) is 5.74. The average Bonchev–Trinajstić information content (AvgIpc) is 3.36. The van der Waals surface area contributed by atoms with Crippen molar-refractivity contribution in [3.05, 3.63) is 50.1 Å². The average molecular weight is 474 g/mol. The van der Waals surface area contributed by atoms with Crippen LogP contribution in [0.2, 0.25) is 5.02 Å². The zero-order chi connectivity index (χ0) is 21.5. The van der Waals surface area contributed by atoms with Gasteiger partial charge in [0.05, 0.1) is 16.8 Å². The van der Waals surface area contributed by atoms with Gasteiger partial charge in [-0.2, -0.15) is 0 Å². The molecule has 6 nitrogen and oxygen atoms in total. The number of rotatable bonds is 4. The van der Waals surface area contributed by atoms with E-state index in [9.17, 15) is 14.4 Å². The summed E-state index contributed by atoms with van der Waals surface area (Å²) in [6, 6.07) is 7.04. The van der Waals surface area contributed by atoms with Gasteiger partial charge in [-0.3, -0.25) is 23.9 Å². The Kier molecular flexibility index (Phi) is 5.62. The van der Waals surface area contributed by atoms with Crippen LogP contribution in [-0.4, -0.2) is 38.6 Å². The van der Waals surface area contributed by atoms with Gasteiger partial charge in [0.15, 0.2) is 5.16 Å². The summed E-state index contributed by atoms with van der Waals surface area (Å²) in [4.78, 5) is 46.2. The number of benzene rings is 1. The monoisotopic (exact) mass is 473 g/mol. The van der Waals surface area contributed by atoms with Crippen molar-refractivity contribution in [2.75, 3.05) is 12.3 Å². The van der Waals surface area contributed by atoms with Crippen LogP contribution in [0.4, 0.5) is 0 Å². The van der Waals surface area contributed by atoms with E-state index >= 15 is 0 Å². The summed E-state index contributed by atoms with van der Waals surface area (Å²) in [5.74, 6) is -0.312. The van der Waals surface area contributed by atoms with E-state index in [1.54, 1.807) is 40.2 Å². The van der Waals surface area contributed by atoms with Crippen LogP contribution in [0.25, 0.3) is 15.9 Å². The van der Waals surface area contributed by atoms with Gasteiger partial charge in [0.25, 0.3) is 5.56 Å². The van der Waals surface area contributed by atoms with Crippen LogP contribution >= 0.6 is 34.7 Å². The second-order valence-corrected chi connectivity index (χ2v) is 10.2. The predicted octanol–water partition coefficient (Wildman–Crippen LogP) is 4.22. The fourth-order valence-corrected chi connectivity index (χ4v) is 6.53. The molecule has 2 amide bonds. The number of aryl methyl sites for hydroxylation is 2. The van der Waals surface area contributed by atoms with Crippen molar-refractivity contribution in [3.63, 3.8) is 0 Å². The Morgan fingerprint density at radius 2 is 1.87 bits per heavy atom. The maximum atomic E-state index is 13.7. The van der Waals surface area contributed by atoms with Crippen LogP contribution in [0.1, 0.15) is 36.1 Å². The lowest BCUT2D eigenvalue weighted by atomic mass is 9.97. The summed E-state index contributed by atoms with van der Waals surface area (Å²) >= 11 is 8.84. The van der Waals surface area contributed by atoms with Crippen LogP contribution in [0.3, 0.4) is 0 Å². The number of fused-ring (bicyclic) bond motifs is 3. The van der Waals surface area contributed by atoms with Gasteiger partial charge in [0.1, 0.15) is 4.83 Å². The van der Waals surface area contributed by atoms with Gasteiger partial charge in [0, 0.05) is 22.9 Å². The molecule has 1 saturated heterocycles. The molecule has 0 spiro atoms. The van der Waals surface area contributed by atoms with E-state index < -0.39 is 0 Å². The minimum Gasteiger partial charge on any atom is -0.282 e. The van der Waals surface area contributed by atoms with Gasteiger partial charge in [-0.1, -0.05) is 23.4 Å². The largest absolute Gasteiger partial charge is 0.282 e. The standard InChI is InChI=1S/C22H20ClN3O3S2/c23-13-7-9-14(10-8-13)26-21(29)19-15-4-1-2-5-16(15)31-20(19)24-22(26)30-12-18(28)25-11-3-6-17(25)27/h7-10H,1-6,11-12H2. The number of carbonyl (C=O) groups excluding carboxylic acids is 2. The third-order valence-corrected chi connectivity index (χ3v) is 8.10. The molecule has 1 aliphatic carbocycles. The molecule has 1 fully saturated rings. The summed E-state index contributed by atoms with van der Waals surface area (Å²) in [6.07, 6.45) is 5.20. The molecule has 3 aromatic rings. The Hall–Kier alpha value is -2.16. The number of aromatic nitrogens is 2. The first-order chi connectivity index (χ1) is 15.0. The van der Waals surface area contributed by atoms with E-state index in [2.05, 4.69) is 0 Å². The van der Waals surface area contributed by atoms with Crippen molar-refractivity contribution in [2.24, 2.45) is 0 Å². The van der Waals surface area contributed by atoms with E-state index in [1.165, 1.54) is 21.5 Å². The van der Waals surface area contributed by atoms with Crippen molar-refractivity contribution in [1.29, 1.82) is 0 Å². The lowest BCUT2D eigenvalue weighted by Crippen LogP contribution is -2.33. The van der Waals surface area contributed by atoms with Gasteiger partial charge < -0.3 is 0 Å². The molecule has 5 rings (SSSR count). The highest BCUT2D eigenvalue weighted by atomic mass is 35.5. The number of amides is 2. The highest BCUT2D eigenvalue weighted by Crippen LogP contribution is 2.35. The van der Waals surface area contributed by atoms with Gasteiger partial charge in [-0.15, -0.1) is 11.3 Å². The number of carbonyl (C=O) groups is 2. The second kappa shape index (κ2) is 8.41. The van der Waals surface area contributed by atoms with Crippen molar-refractivity contribution in [3.8, 4) is 5.69 Å². The molecule has 0 radical (unpaired) electrons. The number of likely N-dealkylation sites (tertiary alicyclic amines) is 1. The molecule has 3 heterocycles. The number of halogens is 1. The number of thioether (sulfide) groups is 1. The second-order valence-electron chi connectivity index (χ2n) is 7.73. The number of nitrogens with zero attached hydrogens (tertiary/aromatic N) is 3. The summed E-state index contributed by atoms with van der Waals surface area (Å²) < 4.78 is 1.57. The maximum Gasteiger partial charge on any atom is 0.267 e. The molecule has 0 bridgehead atoms. The molecule has 0 saturated carbocycles. The number of hydrogen-bond acceptors (Lipinski definition) is 6. The molecule has 0 unspecified atom stereocenters. The summed E-state index contributed by atoms with van der Waals surface area (Å²) in [7, 11) is 0. The highest BCUT2D eigenvalue weighted by Gasteiger charge is 2.27. The zero-order valence-electron chi connectivity index (χ0n) is 16.7. The highest BCUT2D eigenvalue weighted by molar-refractivity contribution is 7.99. The van der Waals surface area contributed by atoms with Crippen molar-refractivity contribution in [2.45, 2.75) is 43.7 Å². The topological polar surface area (TPSA) is 72.3 Å². The summed E-state index contributed by atoms with van der Waals surface area (Å²) in [5.41, 5.74) is 1.67. The van der Waals surface area contributed by atoms with Gasteiger partial charge >= 0.3 is 0 Å². The van der Waals surface area contributed by atoms with Gasteiger partial charge in [0.2, 0.25) is 11.8 Å². The van der Waals surface area contributed by atoms with Crippen LogP contribution in [0.5, 0.6) is 0 Å². The molecule has 0 N–H and O–H groups in total. The Morgan fingerprint density at radius 1 is 1.10 bits per heavy atom. The van der Waals surface area contributed by atoms with E-state index in [-0.39, 0.29) is 23.1 Å². The number of imide groups is 1. The van der Waals surface area contributed by atoms with Gasteiger partial charge in [-0.25, -0.2) is 4.98 Å². The molecular formula is C22H20ClN3O3S2. The molecule has 1 aliphatic heterocycles. The Bertz CT molecular complexity index is 1250. The minimum absolute atomic E-state index is 0.0579. The van der Waals surface area contributed by atoms with Crippen LogP contribution in [0.15, 0.2) is 34.2 Å². The molecule has 31 heavy (non-hydrogen) atoms. The van der Waals surface area contributed by atoms with Crippen molar-refractivity contribution in [1.82, 2.24) is 14.5 Å². The Balaban J connectivity index is 1.59. The normalized spacial score (nSPS) is 16.2. The molecule has 9 heteroatoms. The smallest absolute Gasteiger partial charge is 0.267 e. The van der Waals surface area contributed by atoms with E-state index in [0.29, 0.717) is 40.6 Å². The summed E-state index contributed by atoms with van der Waals surface area (Å²) in [5, 5.41) is 1.73. The molecule has 1 aromatic carbocycles.